The van der Waals surface area contributed by atoms with Gasteiger partial charge in [0, 0.05) is 30.9 Å². The number of aryl methyl sites for hydroxylation is 1. The minimum Gasteiger partial charge on any atom is -0.380 e. The minimum atomic E-state index is 0.938. The van der Waals surface area contributed by atoms with Gasteiger partial charge in [-0.1, -0.05) is 48.5 Å². The fraction of sp³-hybridized carbons (Fsp3) is 0.167. The monoisotopic (exact) mass is 351 g/mol. The number of nitrogens with zero attached hydrogens (tertiary/aromatic N) is 3. The molecule has 0 N–H and O–H groups in total. The first-order chi connectivity index (χ1) is 13.2. The molecule has 0 saturated carbocycles. The van der Waals surface area contributed by atoms with Crippen LogP contribution in [0.5, 0.6) is 0 Å². The minimum absolute atomic E-state index is 0.938. The van der Waals surface area contributed by atoms with E-state index in [1.807, 2.05) is 24.3 Å². The summed E-state index contributed by atoms with van der Waals surface area (Å²) in [5.74, 6) is 0. The third-order valence-corrected chi connectivity index (χ3v) is 5.39. The molecule has 3 nitrogen and oxygen atoms in total. The zero-order chi connectivity index (χ0) is 18.4. The van der Waals surface area contributed by atoms with Gasteiger partial charge in [-0.25, -0.2) is 9.97 Å². The second kappa shape index (κ2) is 6.20. The predicted molar refractivity (Wildman–Crippen MR) is 112 cm³/mol. The van der Waals surface area contributed by atoms with Crippen LogP contribution in [0.25, 0.3) is 27.6 Å². The largest absolute Gasteiger partial charge is 0.380 e. The Labute approximate surface area is 159 Å². The molecule has 1 aromatic heterocycles. The van der Waals surface area contributed by atoms with Gasteiger partial charge in [-0.05, 0) is 42.2 Å². The van der Waals surface area contributed by atoms with Crippen molar-refractivity contribution in [2.45, 2.75) is 12.8 Å². The molecule has 27 heavy (non-hydrogen) atoms. The van der Waals surface area contributed by atoms with E-state index in [1.54, 1.807) is 0 Å². The maximum Gasteiger partial charge on any atom is 0.0973 e. The van der Waals surface area contributed by atoms with Crippen LogP contribution in [0, 0.1) is 0 Å². The molecule has 1 aliphatic rings. The van der Waals surface area contributed by atoms with Crippen LogP contribution in [0.2, 0.25) is 0 Å². The number of rotatable bonds is 2. The van der Waals surface area contributed by atoms with Gasteiger partial charge in [0.25, 0.3) is 0 Å². The highest BCUT2D eigenvalue weighted by molar-refractivity contribution is 5.98. The van der Waals surface area contributed by atoms with Crippen LogP contribution < -0.4 is 0 Å². The third-order valence-electron chi connectivity index (χ3n) is 5.39. The van der Waals surface area contributed by atoms with Crippen molar-refractivity contribution in [3.8, 4) is 0 Å². The number of hydrogen-bond donors (Lipinski definition) is 0. The molecular formula is C24H21N3. The van der Waals surface area contributed by atoms with Gasteiger partial charge in [0.1, 0.15) is 0 Å². The summed E-state index contributed by atoms with van der Waals surface area (Å²) in [6, 6.07) is 23.2. The van der Waals surface area contributed by atoms with Crippen LogP contribution in [0.4, 0.5) is 0 Å². The lowest BCUT2D eigenvalue weighted by molar-refractivity contribution is 0.486. The molecule has 0 unspecified atom stereocenters. The molecule has 0 amide bonds. The molecule has 0 fully saturated rings. The number of allylic oxidation sites excluding steroid dienone is 1. The average Bonchev–Trinajstić information content (AvgIpc) is 2.71. The van der Waals surface area contributed by atoms with Gasteiger partial charge >= 0.3 is 0 Å². The first kappa shape index (κ1) is 16.0. The Kier molecular flexibility index (Phi) is 3.68. The van der Waals surface area contributed by atoms with Gasteiger partial charge in [0.2, 0.25) is 0 Å². The quantitative estimate of drug-likeness (QED) is 0.473. The Balaban J connectivity index is 1.87. The Morgan fingerprint density at radius 1 is 0.667 bits per heavy atom. The van der Waals surface area contributed by atoms with Crippen LogP contribution in [-0.2, 0) is 6.42 Å². The molecule has 3 heteroatoms. The molecule has 0 atom stereocenters. The summed E-state index contributed by atoms with van der Waals surface area (Å²) in [5.41, 5.74) is 10.3. The standard InChI is InChI=1S/C24H21N3/c1-27(2)22-15-14-16-8-3-4-9-17(16)23(22)18-10-7-13-21-24(18)26-20-12-6-5-11-19(20)25-21/h3-13H,14-15H2,1-2H3. The molecule has 0 bridgehead atoms. The Hall–Kier alpha value is -3.20. The smallest absolute Gasteiger partial charge is 0.0973 e. The summed E-state index contributed by atoms with van der Waals surface area (Å²) >= 11 is 0. The molecule has 0 spiro atoms. The van der Waals surface area contributed by atoms with E-state index in [9.17, 15) is 0 Å². The van der Waals surface area contributed by atoms with Crippen molar-refractivity contribution in [3.05, 3.63) is 89.1 Å². The molecule has 1 heterocycles. The topological polar surface area (TPSA) is 29.0 Å². The van der Waals surface area contributed by atoms with E-state index in [4.69, 9.17) is 9.97 Å². The second-order valence-electron chi connectivity index (χ2n) is 7.26. The molecule has 3 aromatic carbocycles. The van der Waals surface area contributed by atoms with Crippen LogP contribution in [0.15, 0.2) is 72.4 Å². The molecule has 1 aliphatic carbocycles. The first-order valence-corrected chi connectivity index (χ1v) is 9.37. The van der Waals surface area contributed by atoms with Gasteiger partial charge in [-0.15, -0.1) is 0 Å². The maximum absolute atomic E-state index is 5.00. The van der Waals surface area contributed by atoms with Crippen LogP contribution in [-0.4, -0.2) is 29.0 Å². The van der Waals surface area contributed by atoms with E-state index >= 15 is 0 Å². The lowest BCUT2D eigenvalue weighted by Gasteiger charge is -2.29. The Morgan fingerprint density at radius 3 is 2.15 bits per heavy atom. The molecule has 0 saturated heterocycles. The number of benzene rings is 3. The van der Waals surface area contributed by atoms with Crippen LogP contribution in [0.1, 0.15) is 23.1 Å². The maximum atomic E-state index is 5.00. The van der Waals surface area contributed by atoms with Crippen molar-refractivity contribution in [1.29, 1.82) is 0 Å². The zero-order valence-corrected chi connectivity index (χ0v) is 15.6. The van der Waals surface area contributed by atoms with Gasteiger partial charge < -0.3 is 4.90 Å². The van der Waals surface area contributed by atoms with Crippen molar-refractivity contribution in [2.24, 2.45) is 0 Å². The number of fused-ring (bicyclic) bond motifs is 3. The highest BCUT2D eigenvalue weighted by Gasteiger charge is 2.23. The van der Waals surface area contributed by atoms with Crippen molar-refractivity contribution >= 4 is 27.6 Å². The number of aromatic nitrogens is 2. The number of hydrogen-bond acceptors (Lipinski definition) is 3. The normalized spacial score (nSPS) is 13.9. The second-order valence-corrected chi connectivity index (χ2v) is 7.26. The van der Waals surface area contributed by atoms with E-state index in [1.165, 1.54) is 28.0 Å². The summed E-state index contributed by atoms with van der Waals surface area (Å²) in [4.78, 5) is 12.1. The van der Waals surface area contributed by atoms with E-state index in [2.05, 4.69) is 61.5 Å². The lowest BCUT2D eigenvalue weighted by atomic mass is 9.84. The summed E-state index contributed by atoms with van der Waals surface area (Å²) in [7, 11) is 4.27. The van der Waals surface area contributed by atoms with Crippen molar-refractivity contribution in [3.63, 3.8) is 0 Å². The van der Waals surface area contributed by atoms with E-state index in [-0.39, 0.29) is 0 Å². The average molecular weight is 351 g/mol. The Morgan fingerprint density at radius 2 is 1.33 bits per heavy atom. The molecular weight excluding hydrogens is 330 g/mol. The van der Waals surface area contributed by atoms with E-state index < -0.39 is 0 Å². The van der Waals surface area contributed by atoms with Crippen LogP contribution >= 0.6 is 0 Å². The summed E-state index contributed by atoms with van der Waals surface area (Å²) in [5, 5.41) is 0. The fourth-order valence-corrected chi connectivity index (χ4v) is 4.11. The molecule has 0 radical (unpaired) electrons. The summed E-state index contributed by atoms with van der Waals surface area (Å²) < 4.78 is 0. The molecule has 132 valence electrons. The van der Waals surface area contributed by atoms with Crippen molar-refractivity contribution < 1.29 is 0 Å². The number of para-hydroxylation sites is 3. The highest BCUT2D eigenvalue weighted by Crippen LogP contribution is 2.39. The van der Waals surface area contributed by atoms with Crippen LogP contribution in [0.3, 0.4) is 0 Å². The zero-order valence-electron chi connectivity index (χ0n) is 15.6. The summed E-state index contributed by atoms with van der Waals surface area (Å²) in [6.07, 6.45) is 2.11. The molecule has 4 aromatic rings. The van der Waals surface area contributed by atoms with Gasteiger partial charge in [-0.3, -0.25) is 0 Å². The SMILES string of the molecule is CN(C)C1=C(c2cccc3nc4ccccc4nc23)c2ccccc2CC1. The predicted octanol–water partition coefficient (Wildman–Crippen LogP) is 5.05. The highest BCUT2D eigenvalue weighted by atomic mass is 15.1. The lowest BCUT2D eigenvalue weighted by Crippen LogP contribution is -2.18. The first-order valence-electron chi connectivity index (χ1n) is 9.37. The van der Waals surface area contributed by atoms with Gasteiger partial charge in [0.05, 0.1) is 22.1 Å². The van der Waals surface area contributed by atoms with Gasteiger partial charge in [-0.2, -0.15) is 0 Å². The fourth-order valence-electron chi connectivity index (χ4n) is 4.11. The van der Waals surface area contributed by atoms with E-state index in [0.29, 0.717) is 0 Å². The third kappa shape index (κ3) is 2.58. The van der Waals surface area contributed by atoms with Crippen molar-refractivity contribution in [2.75, 3.05) is 14.1 Å². The van der Waals surface area contributed by atoms with E-state index in [0.717, 1.165) is 34.9 Å². The summed E-state index contributed by atoms with van der Waals surface area (Å²) in [6.45, 7) is 0. The van der Waals surface area contributed by atoms with Gasteiger partial charge in [0.15, 0.2) is 0 Å². The molecule has 0 aliphatic heterocycles. The van der Waals surface area contributed by atoms with Crippen molar-refractivity contribution in [1.82, 2.24) is 14.9 Å². The Bertz CT molecular complexity index is 1200. The molecule has 5 rings (SSSR count).